The Bertz CT molecular complexity index is 348. The van der Waals surface area contributed by atoms with E-state index in [0.29, 0.717) is 18.6 Å². The first-order valence-corrected chi connectivity index (χ1v) is 9.10. The predicted molar refractivity (Wildman–Crippen MR) is 81.9 cm³/mol. The lowest BCUT2D eigenvalue weighted by Crippen LogP contribution is -2.43. The minimum Gasteiger partial charge on any atom is -0.464 e. The first kappa shape index (κ1) is 15.3. The summed E-state index contributed by atoms with van der Waals surface area (Å²) in [4.78, 5) is 11.8. The van der Waals surface area contributed by atoms with E-state index in [9.17, 15) is 4.79 Å². The van der Waals surface area contributed by atoms with Crippen LogP contribution in [-0.2, 0) is 14.3 Å². The van der Waals surface area contributed by atoms with Gasteiger partial charge in [0.2, 0.25) is 0 Å². The van der Waals surface area contributed by atoms with Crippen molar-refractivity contribution in [2.75, 3.05) is 6.61 Å². The zero-order valence-electron chi connectivity index (χ0n) is 13.4. The fourth-order valence-corrected chi connectivity index (χ4v) is 4.84. The van der Waals surface area contributed by atoms with Crippen LogP contribution in [0.4, 0.5) is 0 Å². The van der Waals surface area contributed by atoms with E-state index < -0.39 is 0 Å². The van der Waals surface area contributed by atoms with Crippen molar-refractivity contribution in [3.05, 3.63) is 0 Å². The van der Waals surface area contributed by atoms with Crippen molar-refractivity contribution < 1.29 is 14.3 Å². The van der Waals surface area contributed by atoms with Crippen molar-refractivity contribution in [1.29, 1.82) is 0 Å². The Hall–Kier alpha value is -0.570. The number of hydrogen-bond acceptors (Lipinski definition) is 3. The third kappa shape index (κ3) is 3.61. The molecule has 3 aliphatic rings. The summed E-state index contributed by atoms with van der Waals surface area (Å²) in [5.41, 5.74) is 0. The van der Waals surface area contributed by atoms with Gasteiger partial charge >= 0.3 is 5.97 Å². The highest BCUT2D eigenvalue weighted by Gasteiger charge is 2.40. The molecule has 120 valence electrons. The van der Waals surface area contributed by atoms with Gasteiger partial charge in [0.25, 0.3) is 0 Å². The molecule has 1 aliphatic heterocycles. The lowest BCUT2D eigenvalue weighted by molar-refractivity contribution is -0.174. The Morgan fingerprint density at radius 3 is 2.48 bits per heavy atom. The topological polar surface area (TPSA) is 35.5 Å². The number of rotatable bonds is 3. The average molecular weight is 294 g/mol. The molecule has 1 saturated heterocycles. The second-order valence-electron chi connectivity index (χ2n) is 7.22. The Kier molecular flexibility index (Phi) is 5.20. The summed E-state index contributed by atoms with van der Waals surface area (Å²) < 4.78 is 11.2. The van der Waals surface area contributed by atoms with E-state index in [1.54, 1.807) is 0 Å². The molecule has 0 aromatic carbocycles. The number of esters is 1. The van der Waals surface area contributed by atoms with Crippen molar-refractivity contribution in [1.82, 2.24) is 0 Å². The van der Waals surface area contributed by atoms with Crippen LogP contribution in [0.15, 0.2) is 0 Å². The van der Waals surface area contributed by atoms with Crippen LogP contribution in [0.25, 0.3) is 0 Å². The summed E-state index contributed by atoms with van der Waals surface area (Å²) in [7, 11) is 0. The van der Waals surface area contributed by atoms with Gasteiger partial charge in [-0.05, 0) is 56.8 Å². The number of hydrogen-bond donors (Lipinski definition) is 0. The van der Waals surface area contributed by atoms with Crippen molar-refractivity contribution in [3.8, 4) is 0 Å². The summed E-state index contributed by atoms with van der Waals surface area (Å²) in [6.07, 6.45) is 13.1. The van der Waals surface area contributed by atoms with E-state index in [4.69, 9.17) is 9.47 Å². The van der Waals surface area contributed by atoms with Crippen LogP contribution in [-0.4, -0.2) is 24.8 Å². The first-order valence-electron chi connectivity index (χ1n) is 9.10. The highest BCUT2D eigenvalue weighted by atomic mass is 16.6. The van der Waals surface area contributed by atoms with Crippen LogP contribution < -0.4 is 0 Å². The molecule has 0 amide bonds. The molecule has 3 nitrogen and oxygen atoms in total. The van der Waals surface area contributed by atoms with Gasteiger partial charge in [-0.1, -0.05) is 32.1 Å². The van der Waals surface area contributed by atoms with Gasteiger partial charge in [-0.3, -0.25) is 0 Å². The molecule has 21 heavy (non-hydrogen) atoms. The molecule has 0 radical (unpaired) electrons. The predicted octanol–water partition coefficient (Wildman–Crippen LogP) is 4.09. The van der Waals surface area contributed by atoms with E-state index in [0.717, 1.165) is 31.1 Å². The molecule has 4 atom stereocenters. The van der Waals surface area contributed by atoms with Gasteiger partial charge in [-0.2, -0.15) is 0 Å². The van der Waals surface area contributed by atoms with Gasteiger partial charge < -0.3 is 9.47 Å². The van der Waals surface area contributed by atoms with Gasteiger partial charge in [0.1, 0.15) is 0 Å². The number of fused-ring (bicyclic) bond motifs is 1. The maximum absolute atomic E-state index is 11.8. The maximum atomic E-state index is 11.8. The average Bonchev–Trinajstić information content (AvgIpc) is 2.55. The Morgan fingerprint density at radius 2 is 1.71 bits per heavy atom. The highest BCUT2D eigenvalue weighted by Crippen LogP contribution is 2.44. The molecule has 2 aliphatic carbocycles. The minimum absolute atomic E-state index is 0.148. The van der Waals surface area contributed by atoms with E-state index in [-0.39, 0.29) is 12.1 Å². The first-order chi connectivity index (χ1) is 10.3. The molecule has 0 aromatic rings. The molecule has 0 unspecified atom stereocenters. The lowest BCUT2D eigenvalue weighted by atomic mass is 9.68. The summed E-state index contributed by atoms with van der Waals surface area (Å²) in [5.74, 6) is 2.44. The summed E-state index contributed by atoms with van der Waals surface area (Å²) in [5, 5.41) is 0. The quantitative estimate of drug-likeness (QED) is 0.735. The van der Waals surface area contributed by atoms with Crippen LogP contribution in [0.1, 0.15) is 71.1 Å². The largest absolute Gasteiger partial charge is 0.464 e. The van der Waals surface area contributed by atoms with E-state index in [1.807, 2.05) is 6.92 Å². The SMILES string of the molecule is CCOC(=O)[C@@H]1CC[C@@H]2C[C@H](C3CCCCC3)CC[C@@H]2O1. The summed E-state index contributed by atoms with van der Waals surface area (Å²) >= 11 is 0. The van der Waals surface area contributed by atoms with Gasteiger partial charge in [0.05, 0.1) is 12.7 Å². The van der Waals surface area contributed by atoms with Crippen molar-refractivity contribution in [2.45, 2.75) is 83.3 Å². The fraction of sp³-hybridized carbons (Fsp3) is 0.944. The molecule has 1 heterocycles. The van der Waals surface area contributed by atoms with Crippen LogP contribution in [0, 0.1) is 17.8 Å². The van der Waals surface area contributed by atoms with Gasteiger partial charge in [-0.25, -0.2) is 4.79 Å². The number of carbonyl (C=O) groups excluding carboxylic acids is 1. The Balaban J connectivity index is 1.51. The number of carbonyl (C=O) groups is 1. The van der Waals surface area contributed by atoms with E-state index in [2.05, 4.69) is 0 Å². The summed E-state index contributed by atoms with van der Waals surface area (Å²) in [6, 6.07) is 0. The molecule has 2 saturated carbocycles. The highest BCUT2D eigenvalue weighted by molar-refractivity contribution is 5.74. The Morgan fingerprint density at radius 1 is 0.952 bits per heavy atom. The van der Waals surface area contributed by atoms with Gasteiger partial charge in [0.15, 0.2) is 6.10 Å². The van der Waals surface area contributed by atoms with E-state index >= 15 is 0 Å². The van der Waals surface area contributed by atoms with Crippen molar-refractivity contribution in [3.63, 3.8) is 0 Å². The standard InChI is InChI=1S/C18H30O3/c1-2-20-18(19)17-11-9-15-12-14(8-10-16(15)21-17)13-6-4-3-5-7-13/h13-17H,2-12H2,1H3/t14-,15-,16+,17+/m1/s1. The van der Waals surface area contributed by atoms with Crippen LogP contribution >= 0.6 is 0 Å². The fourth-order valence-electron chi connectivity index (χ4n) is 4.84. The maximum Gasteiger partial charge on any atom is 0.335 e. The molecule has 3 heteroatoms. The minimum atomic E-state index is -0.294. The van der Waals surface area contributed by atoms with Crippen molar-refractivity contribution >= 4 is 5.97 Å². The van der Waals surface area contributed by atoms with Gasteiger partial charge in [0, 0.05) is 0 Å². The monoisotopic (exact) mass is 294 g/mol. The molecule has 3 fully saturated rings. The van der Waals surface area contributed by atoms with Crippen LogP contribution in [0.3, 0.4) is 0 Å². The molecular formula is C18H30O3. The van der Waals surface area contributed by atoms with Crippen LogP contribution in [0.5, 0.6) is 0 Å². The third-order valence-corrected chi connectivity index (χ3v) is 5.96. The smallest absolute Gasteiger partial charge is 0.335 e. The van der Waals surface area contributed by atoms with Crippen LogP contribution in [0.2, 0.25) is 0 Å². The van der Waals surface area contributed by atoms with Gasteiger partial charge in [-0.15, -0.1) is 0 Å². The zero-order chi connectivity index (χ0) is 14.7. The zero-order valence-corrected chi connectivity index (χ0v) is 13.4. The lowest BCUT2D eigenvalue weighted by Gasteiger charge is -2.44. The normalized spacial score (nSPS) is 37.8. The molecule has 0 N–H and O–H groups in total. The molecule has 0 spiro atoms. The third-order valence-electron chi connectivity index (χ3n) is 5.96. The van der Waals surface area contributed by atoms with Crippen molar-refractivity contribution in [2.24, 2.45) is 17.8 Å². The Labute approximate surface area is 128 Å². The molecule has 3 rings (SSSR count). The van der Waals surface area contributed by atoms with E-state index in [1.165, 1.54) is 44.9 Å². The summed E-state index contributed by atoms with van der Waals surface area (Å²) in [6.45, 7) is 2.31. The second kappa shape index (κ2) is 7.13. The second-order valence-corrected chi connectivity index (χ2v) is 7.22. The molecule has 0 bridgehead atoms. The molecular weight excluding hydrogens is 264 g/mol. The number of ether oxygens (including phenoxy) is 2. The molecule has 0 aromatic heterocycles.